The van der Waals surface area contributed by atoms with Crippen molar-refractivity contribution in [3.05, 3.63) is 90.0 Å². The second-order valence-corrected chi connectivity index (χ2v) is 10.8. The van der Waals surface area contributed by atoms with Crippen molar-refractivity contribution in [2.24, 2.45) is 0 Å². The average Bonchev–Trinajstić information content (AvgIpc) is 3.24. The van der Waals surface area contributed by atoms with E-state index in [1.807, 2.05) is 35.2 Å². The minimum Gasteiger partial charge on any atom is -0.494 e. The topological polar surface area (TPSA) is 59.0 Å². The molecule has 2 saturated heterocycles. The number of para-hydroxylation sites is 1. The van der Waals surface area contributed by atoms with E-state index in [0.717, 1.165) is 31.4 Å². The van der Waals surface area contributed by atoms with Gasteiger partial charge in [-0.15, -0.1) is 0 Å². The molecule has 3 aliphatic rings. The largest absolute Gasteiger partial charge is 0.494 e. The molecule has 37 heavy (non-hydrogen) atoms. The number of aliphatic hydroxyl groups is 1. The first kappa shape index (κ1) is 24.1. The van der Waals surface area contributed by atoms with Crippen molar-refractivity contribution in [3.63, 3.8) is 0 Å². The molecule has 2 fully saturated rings. The quantitative estimate of drug-likeness (QED) is 0.377. The van der Waals surface area contributed by atoms with E-state index in [0.29, 0.717) is 32.5 Å². The summed E-state index contributed by atoms with van der Waals surface area (Å²) in [5.41, 5.74) is 4.16. The minimum atomic E-state index is -0.754. The smallest absolute Gasteiger partial charge is 0.410 e. The van der Waals surface area contributed by atoms with Gasteiger partial charge in [-0.1, -0.05) is 66.7 Å². The number of hydrogen-bond donors (Lipinski definition) is 1. The summed E-state index contributed by atoms with van der Waals surface area (Å²) in [5, 5.41) is 11.5. The standard InChI is InChI=1S/C32H35NO4/c34-31(37-22-30-28-16-6-4-14-26(28)27-15-5-7-17-29(27)30)33-23-10-8-11-24(33)21-32(35,20-23)18-9-19-36-25-12-2-1-3-13-25/h1-7,12-17,23-24,30,35H,8-11,18-22H2. The molecule has 1 amide bonds. The van der Waals surface area contributed by atoms with E-state index in [-0.39, 0.29) is 24.1 Å². The second kappa shape index (κ2) is 10.2. The number of fused-ring (bicyclic) bond motifs is 5. The molecule has 2 atom stereocenters. The third-order valence-corrected chi connectivity index (χ3v) is 8.44. The van der Waals surface area contributed by atoms with Crippen molar-refractivity contribution in [1.82, 2.24) is 4.90 Å². The number of piperidine rings is 2. The molecule has 0 radical (unpaired) electrons. The van der Waals surface area contributed by atoms with Crippen LogP contribution < -0.4 is 4.74 Å². The van der Waals surface area contributed by atoms with Crippen LogP contribution in [0.5, 0.6) is 5.75 Å². The van der Waals surface area contributed by atoms with E-state index < -0.39 is 5.60 Å². The molecule has 3 aromatic carbocycles. The first-order valence-electron chi connectivity index (χ1n) is 13.6. The summed E-state index contributed by atoms with van der Waals surface area (Å²) in [5.74, 6) is 0.916. The summed E-state index contributed by atoms with van der Waals surface area (Å²) in [4.78, 5) is 15.4. The van der Waals surface area contributed by atoms with Gasteiger partial charge in [0.1, 0.15) is 12.4 Å². The van der Waals surface area contributed by atoms with Gasteiger partial charge in [0.2, 0.25) is 0 Å². The molecule has 3 aromatic rings. The van der Waals surface area contributed by atoms with Crippen LogP contribution in [-0.2, 0) is 4.74 Å². The van der Waals surface area contributed by atoms with Crippen LogP contribution in [0, 0.1) is 0 Å². The van der Waals surface area contributed by atoms with E-state index in [1.54, 1.807) is 0 Å². The Morgan fingerprint density at radius 2 is 1.46 bits per heavy atom. The van der Waals surface area contributed by atoms with Crippen LogP contribution in [0.15, 0.2) is 78.9 Å². The predicted molar refractivity (Wildman–Crippen MR) is 144 cm³/mol. The van der Waals surface area contributed by atoms with Gasteiger partial charge in [-0.3, -0.25) is 0 Å². The SMILES string of the molecule is O=C(OCC1c2ccccc2-c2ccccc21)N1C2CCCC1CC(O)(CCCOc1ccccc1)C2. The van der Waals surface area contributed by atoms with Gasteiger partial charge in [0, 0.05) is 18.0 Å². The number of carbonyl (C=O) groups excluding carboxylic acids is 1. The van der Waals surface area contributed by atoms with Crippen molar-refractivity contribution in [3.8, 4) is 16.9 Å². The normalized spacial score (nSPS) is 24.3. The fourth-order valence-corrected chi connectivity index (χ4v) is 6.81. The number of ether oxygens (including phenoxy) is 2. The van der Waals surface area contributed by atoms with Crippen LogP contribution in [0.3, 0.4) is 0 Å². The molecule has 0 spiro atoms. The summed E-state index contributed by atoms with van der Waals surface area (Å²) in [6, 6.07) is 26.7. The number of amides is 1. The molecule has 5 nitrogen and oxygen atoms in total. The number of hydrogen-bond acceptors (Lipinski definition) is 4. The Morgan fingerprint density at radius 3 is 2.11 bits per heavy atom. The van der Waals surface area contributed by atoms with E-state index in [9.17, 15) is 9.90 Å². The van der Waals surface area contributed by atoms with Crippen molar-refractivity contribution in [2.75, 3.05) is 13.2 Å². The molecule has 2 unspecified atom stereocenters. The lowest BCUT2D eigenvalue weighted by atomic mass is 9.74. The Bertz CT molecular complexity index is 1180. The average molecular weight is 498 g/mol. The Morgan fingerprint density at radius 1 is 0.865 bits per heavy atom. The number of benzene rings is 3. The first-order chi connectivity index (χ1) is 18.1. The lowest BCUT2D eigenvalue weighted by molar-refractivity contribution is -0.0901. The van der Waals surface area contributed by atoms with Gasteiger partial charge in [0.25, 0.3) is 0 Å². The van der Waals surface area contributed by atoms with E-state index >= 15 is 0 Å². The lowest BCUT2D eigenvalue weighted by Crippen LogP contribution is -2.60. The van der Waals surface area contributed by atoms with E-state index in [2.05, 4.69) is 48.5 Å². The van der Waals surface area contributed by atoms with Crippen LogP contribution in [0.4, 0.5) is 4.79 Å². The van der Waals surface area contributed by atoms with Gasteiger partial charge in [-0.2, -0.15) is 0 Å². The highest BCUT2D eigenvalue weighted by molar-refractivity contribution is 5.79. The van der Waals surface area contributed by atoms with Crippen LogP contribution in [0.2, 0.25) is 0 Å². The van der Waals surface area contributed by atoms with Crippen molar-refractivity contribution in [1.29, 1.82) is 0 Å². The number of nitrogens with zero attached hydrogens (tertiary/aromatic N) is 1. The van der Waals surface area contributed by atoms with Crippen LogP contribution in [0.1, 0.15) is 62.0 Å². The molecule has 192 valence electrons. The monoisotopic (exact) mass is 497 g/mol. The highest BCUT2D eigenvalue weighted by Crippen LogP contribution is 2.45. The van der Waals surface area contributed by atoms with Gasteiger partial charge >= 0.3 is 6.09 Å². The van der Waals surface area contributed by atoms with Crippen molar-refractivity contribution < 1.29 is 19.4 Å². The Labute approximate surface area is 219 Å². The zero-order chi connectivity index (χ0) is 25.2. The highest BCUT2D eigenvalue weighted by atomic mass is 16.6. The second-order valence-electron chi connectivity index (χ2n) is 10.8. The summed E-state index contributed by atoms with van der Waals surface area (Å²) in [6.45, 7) is 0.918. The van der Waals surface area contributed by atoms with Crippen molar-refractivity contribution in [2.45, 2.75) is 68.5 Å². The summed E-state index contributed by atoms with van der Waals surface area (Å²) in [6.07, 6.45) is 5.40. The first-order valence-corrected chi connectivity index (χ1v) is 13.6. The summed E-state index contributed by atoms with van der Waals surface area (Å²) >= 11 is 0. The minimum absolute atomic E-state index is 0.0307. The molecule has 1 aliphatic carbocycles. The Kier molecular flexibility index (Phi) is 6.64. The van der Waals surface area contributed by atoms with Crippen LogP contribution in [0.25, 0.3) is 11.1 Å². The molecular weight excluding hydrogens is 462 g/mol. The molecule has 1 N–H and O–H groups in total. The molecule has 0 aromatic heterocycles. The van der Waals surface area contributed by atoms with Gasteiger partial charge in [0.15, 0.2) is 0 Å². The third-order valence-electron chi connectivity index (χ3n) is 8.44. The van der Waals surface area contributed by atoms with Crippen LogP contribution in [-0.4, -0.2) is 47.0 Å². The van der Waals surface area contributed by atoms with Gasteiger partial charge in [-0.25, -0.2) is 4.79 Å². The van der Waals surface area contributed by atoms with Crippen molar-refractivity contribution >= 4 is 6.09 Å². The van der Waals surface area contributed by atoms with Gasteiger partial charge < -0.3 is 19.5 Å². The van der Waals surface area contributed by atoms with E-state index in [1.165, 1.54) is 22.3 Å². The Hall–Kier alpha value is -3.31. The fourth-order valence-electron chi connectivity index (χ4n) is 6.81. The maximum absolute atomic E-state index is 13.4. The summed E-state index contributed by atoms with van der Waals surface area (Å²) < 4.78 is 11.8. The zero-order valence-corrected chi connectivity index (χ0v) is 21.2. The van der Waals surface area contributed by atoms with Gasteiger partial charge in [0.05, 0.1) is 12.2 Å². The molecule has 2 aliphatic heterocycles. The van der Waals surface area contributed by atoms with Crippen LogP contribution >= 0.6 is 0 Å². The van der Waals surface area contributed by atoms with E-state index in [4.69, 9.17) is 9.47 Å². The molecule has 2 heterocycles. The fraction of sp³-hybridized carbons (Fsp3) is 0.406. The Balaban J connectivity index is 1.08. The lowest BCUT2D eigenvalue weighted by Gasteiger charge is -2.51. The molecular formula is C32H35NO4. The number of carbonyl (C=O) groups is 1. The zero-order valence-electron chi connectivity index (χ0n) is 21.2. The third kappa shape index (κ3) is 4.85. The molecule has 6 rings (SSSR count). The summed E-state index contributed by atoms with van der Waals surface area (Å²) in [7, 11) is 0. The number of rotatable bonds is 7. The maximum atomic E-state index is 13.4. The highest BCUT2D eigenvalue weighted by Gasteiger charge is 2.47. The molecule has 5 heteroatoms. The maximum Gasteiger partial charge on any atom is 0.410 e. The molecule has 0 saturated carbocycles. The van der Waals surface area contributed by atoms with Gasteiger partial charge in [-0.05, 0) is 79.3 Å². The predicted octanol–water partition coefficient (Wildman–Crippen LogP) is 6.54. The molecule has 2 bridgehead atoms.